The summed E-state index contributed by atoms with van der Waals surface area (Å²) in [5.74, 6) is 0.786. The summed E-state index contributed by atoms with van der Waals surface area (Å²) in [7, 11) is 0. The highest BCUT2D eigenvalue weighted by molar-refractivity contribution is 5.83. The van der Waals surface area contributed by atoms with E-state index in [-0.39, 0.29) is 10.8 Å². The Morgan fingerprint density at radius 1 is 1.07 bits per heavy atom. The minimum Gasteiger partial charge on any atom is -0.423 e. The number of esters is 1. The first-order chi connectivity index (χ1) is 13.8. The molecule has 29 heavy (non-hydrogen) atoms. The molecular formula is C27H34O2. The Labute approximate surface area is 176 Å². The van der Waals surface area contributed by atoms with Crippen LogP contribution in [0.15, 0.2) is 61.2 Å². The first-order valence-electron chi connectivity index (χ1n) is 10.8. The molecule has 1 aliphatic carbocycles. The Bertz CT molecular complexity index is 845. The quantitative estimate of drug-likeness (QED) is 0.306. The van der Waals surface area contributed by atoms with Gasteiger partial charge in [0, 0.05) is 11.5 Å². The Morgan fingerprint density at radius 3 is 2.17 bits per heavy atom. The van der Waals surface area contributed by atoms with Gasteiger partial charge in [0.15, 0.2) is 0 Å². The lowest BCUT2D eigenvalue weighted by Crippen LogP contribution is -2.41. The maximum absolute atomic E-state index is 11.5. The third kappa shape index (κ3) is 4.80. The molecule has 154 valence electrons. The zero-order valence-electron chi connectivity index (χ0n) is 18.3. The van der Waals surface area contributed by atoms with Gasteiger partial charge in [0.1, 0.15) is 5.75 Å². The molecule has 0 amide bonds. The van der Waals surface area contributed by atoms with Crippen molar-refractivity contribution in [1.82, 2.24) is 0 Å². The van der Waals surface area contributed by atoms with Crippen molar-refractivity contribution >= 4 is 5.97 Å². The summed E-state index contributed by atoms with van der Waals surface area (Å²) in [6, 6.07) is 17.4. The summed E-state index contributed by atoms with van der Waals surface area (Å²) >= 11 is 0. The van der Waals surface area contributed by atoms with Gasteiger partial charge in [0.05, 0.1) is 0 Å². The van der Waals surface area contributed by atoms with E-state index < -0.39 is 5.97 Å². The summed E-state index contributed by atoms with van der Waals surface area (Å²) in [6.45, 7) is 12.9. The van der Waals surface area contributed by atoms with Crippen molar-refractivity contribution in [2.75, 3.05) is 0 Å². The molecule has 2 atom stereocenters. The molecule has 1 fully saturated rings. The Hall–Kier alpha value is -2.35. The van der Waals surface area contributed by atoms with Crippen LogP contribution in [0.5, 0.6) is 5.75 Å². The molecule has 0 aliphatic heterocycles. The number of rotatable bonds is 6. The van der Waals surface area contributed by atoms with Gasteiger partial charge in [-0.3, -0.25) is 0 Å². The average molecular weight is 391 g/mol. The highest BCUT2D eigenvalue weighted by atomic mass is 16.5. The van der Waals surface area contributed by atoms with Gasteiger partial charge in [-0.1, -0.05) is 77.1 Å². The van der Waals surface area contributed by atoms with Crippen LogP contribution >= 0.6 is 0 Å². The topological polar surface area (TPSA) is 26.3 Å². The van der Waals surface area contributed by atoms with Crippen LogP contribution in [0.2, 0.25) is 0 Å². The first kappa shape index (κ1) is 21.4. The molecule has 0 spiro atoms. The fourth-order valence-electron chi connectivity index (χ4n) is 5.46. The maximum Gasteiger partial charge on any atom is 0.335 e. The van der Waals surface area contributed by atoms with Gasteiger partial charge in [-0.05, 0) is 65.8 Å². The molecule has 0 heterocycles. The largest absolute Gasteiger partial charge is 0.423 e. The molecule has 3 rings (SSSR count). The van der Waals surface area contributed by atoms with E-state index in [4.69, 9.17) is 4.74 Å². The van der Waals surface area contributed by atoms with E-state index in [1.165, 1.54) is 35.6 Å². The summed E-state index contributed by atoms with van der Waals surface area (Å²) in [4.78, 5) is 11.5. The summed E-state index contributed by atoms with van der Waals surface area (Å²) in [6.07, 6.45) is 6.98. The molecular weight excluding hydrogens is 356 g/mol. The van der Waals surface area contributed by atoms with Gasteiger partial charge in [0.2, 0.25) is 0 Å². The van der Waals surface area contributed by atoms with Gasteiger partial charge >= 0.3 is 5.97 Å². The second-order valence-corrected chi connectivity index (χ2v) is 9.53. The van der Waals surface area contributed by atoms with Gasteiger partial charge in [-0.15, -0.1) is 0 Å². The molecule has 2 aromatic rings. The van der Waals surface area contributed by atoms with Crippen LogP contribution in [0.4, 0.5) is 0 Å². The van der Waals surface area contributed by atoms with E-state index >= 15 is 0 Å². The van der Waals surface area contributed by atoms with Crippen LogP contribution in [0.3, 0.4) is 0 Å². The lowest BCUT2D eigenvalue weighted by Gasteiger charge is -2.48. The molecule has 0 N–H and O–H groups in total. The zero-order chi connectivity index (χ0) is 21.1. The van der Waals surface area contributed by atoms with Gasteiger partial charge < -0.3 is 4.74 Å². The molecule has 2 heteroatoms. The number of benzene rings is 2. The fraction of sp³-hybridized carbons (Fsp3) is 0.444. The predicted molar refractivity (Wildman–Crippen MR) is 120 cm³/mol. The Morgan fingerprint density at radius 2 is 1.66 bits per heavy atom. The van der Waals surface area contributed by atoms with Crippen molar-refractivity contribution in [2.24, 2.45) is 11.3 Å². The maximum atomic E-state index is 11.5. The Kier molecular flexibility index (Phi) is 6.31. The number of carbonyl (C=O) groups is 1. The normalized spacial score (nSPS) is 23.4. The van der Waals surface area contributed by atoms with Gasteiger partial charge in [0.25, 0.3) is 0 Å². The highest BCUT2D eigenvalue weighted by Gasteiger charge is 2.45. The highest BCUT2D eigenvalue weighted by Crippen LogP contribution is 2.53. The number of carbonyl (C=O) groups excluding carboxylic acids is 1. The second-order valence-electron chi connectivity index (χ2n) is 9.53. The monoisotopic (exact) mass is 390 g/mol. The smallest absolute Gasteiger partial charge is 0.335 e. The van der Waals surface area contributed by atoms with Crippen LogP contribution in [0.25, 0.3) is 0 Å². The molecule has 1 saturated carbocycles. The van der Waals surface area contributed by atoms with Crippen LogP contribution in [0.1, 0.15) is 70.1 Å². The number of aryl methyl sites for hydroxylation is 1. The van der Waals surface area contributed by atoms with Gasteiger partial charge in [-0.2, -0.15) is 0 Å². The lowest BCUT2D eigenvalue weighted by molar-refractivity contribution is -0.128. The van der Waals surface area contributed by atoms with E-state index in [0.717, 1.165) is 19.3 Å². The van der Waals surface area contributed by atoms with Crippen molar-refractivity contribution in [3.8, 4) is 5.75 Å². The van der Waals surface area contributed by atoms with Crippen molar-refractivity contribution in [1.29, 1.82) is 0 Å². The number of hydrogen-bond donors (Lipinski definition) is 0. The molecule has 2 nitrogen and oxygen atoms in total. The third-order valence-corrected chi connectivity index (χ3v) is 6.22. The second kappa shape index (κ2) is 8.57. The SMILES string of the molecule is C=CC(=O)Oc1ccc(C2(c3ccc(CCC)cc3)CC(C)CC(C)(C)C2)cc1. The zero-order valence-corrected chi connectivity index (χ0v) is 18.3. The molecule has 0 bridgehead atoms. The summed E-state index contributed by atoms with van der Waals surface area (Å²) in [5.41, 5.74) is 4.36. The lowest BCUT2D eigenvalue weighted by atomic mass is 9.55. The molecule has 2 unspecified atom stereocenters. The van der Waals surface area contributed by atoms with E-state index in [0.29, 0.717) is 11.7 Å². The van der Waals surface area contributed by atoms with Crippen molar-refractivity contribution < 1.29 is 9.53 Å². The van der Waals surface area contributed by atoms with Crippen LogP contribution < -0.4 is 4.74 Å². The third-order valence-electron chi connectivity index (χ3n) is 6.22. The fourth-order valence-corrected chi connectivity index (χ4v) is 5.46. The summed E-state index contributed by atoms with van der Waals surface area (Å²) in [5, 5.41) is 0. The van der Waals surface area contributed by atoms with E-state index in [1.807, 2.05) is 12.1 Å². The van der Waals surface area contributed by atoms with Crippen LogP contribution in [0, 0.1) is 11.3 Å². The predicted octanol–water partition coefficient (Wildman–Crippen LogP) is 6.86. The van der Waals surface area contributed by atoms with Gasteiger partial charge in [-0.25, -0.2) is 4.79 Å². The molecule has 0 radical (unpaired) electrons. The van der Waals surface area contributed by atoms with E-state index in [2.05, 4.69) is 70.7 Å². The summed E-state index contributed by atoms with van der Waals surface area (Å²) < 4.78 is 5.29. The van der Waals surface area contributed by atoms with E-state index in [1.54, 1.807) is 0 Å². The standard InChI is InChI=1S/C27H34O2/c1-6-8-21-9-11-22(12-10-21)27(18-20(3)17-26(4,5)19-27)23-13-15-24(16-14-23)29-25(28)7-2/h7,9-16,20H,2,6,8,17-19H2,1,3-5H3. The van der Waals surface area contributed by atoms with Crippen LogP contribution in [-0.2, 0) is 16.6 Å². The minimum atomic E-state index is -0.425. The molecule has 0 saturated heterocycles. The van der Waals surface area contributed by atoms with Crippen molar-refractivity contribution in [3.63, 3.8) is 0 Å². The Balaban J connectivity index is 2.03. The first-order valence-corrected chi connectivity index (χ1v) is 10.8. The number of ether oxygens (including phenoxy) is 1. The molecule has 2 aromatic carbocycles. The van der Waals surface area contributed by atoms with Crippen LogP contribution in [-0.4, -0.2) is 5.97 Å². The van der Waals surface area contributed by atoms with Crippen molar-refractivity contribution in [2.45, 2.75) is 65.2 Å². The number of hydrogen-bond acceptors (Lipinski definition) is 2. The molecule has 0 aromatic heterocycles. The van der Waals surface area contributed by atoms with Crippen molar-refractivity contribution in [3.05, 3.63) is 77.9 Å². The average Bonchev–Trinajstić information content (AvgIpc) is 2.67. The molecule has 1 aliphatic rings. The van der Waals surface area contributed by atoms with E-state index in [9.17, 15) is 4.79 Å². The minimum absolute atomic E-state index is 0.0209.